The second kappa shape index (κ2) is 4.63. The summed E-state index contributed by atoms with van der Waals surface area (Å²) in [6.45, 7) is 8.18. The molecule has 2 N–H and O–H groups in total. The van der Waals surface area contributed by atoms with Gasteiger partial charge in [0.15, 0.2) is 0 Å². The molecule has 3 heteroatoms. The number of likely N-dealkylation sites (tertiary alicyclic amines) is 1. The number of nitrogens with zero attached hydrogens (tertiary/aromatic N) is 1. The number of amides is 1. The molecule has 0 saturated carbocycles. The minimum atomic E-state index is 0.133. The molecule has 0 radical (unpaired) electrons. The largest absolute Gasteiger partial charge is 0.399 e. The molecular formula is C15H22N2O. The minimum Gasteiger partial charge on any atom is -0.399 e. The van der Waals surface area contributed by atoms with Crippen LogP contribution in [0.5, 0.6) is 0 Å². The molecule has 0 atom stereocenters. The zero-order valence-corrected chi connectivity index (χ0v) is 11.5. The lowest BCUT2D eigenvalue weighted by Gasteiger charge is -2.37. The molecule has 0 aromatic heterocycles. The second-order valence-corrected chi connectivity index (χ2v) is 6.03. The molecule has 0 unspecified atom stereocenters. The summed E-state index contributed by atoms with van der Waals surface area (Å²) in [4.78, 5) is 14.3. The molecule has 0 spiro atoms. The van der Waals surface area contributed by atoms with Crippen molar-refractivity contribution in [3.63, 3.8) is 0 Å². The van der Waals surface area contributed by atoms with E-state index in [2.05, 4.69) is 13.8 Å². The van der Waals surface area contributed by atoms with Crippen LogP contribution in [0.15, 0.2) is 18.2 Å². The fourth-order valence-corrected chi connectivity index (χ4v) is 2.31. The van der Waals surface area contributed by atoms with E-state index >= 15 is 0 Å². The molecule has 18 heavy (non-hydrogen) atoms. The third-order valence-corrected chi connectivity index (χ3v) is 3.92. The zero-order valence-electron chi connectivity index (χ0n) is 11.5. The molecule has 1 aromatic carbocycles. The first-order valence-electron chi connectivity index (χ1n) is 6.54. The van der Waals surface area contributed by atoms with Crippen LogP contribution in [0.25, 0.3) is 0 Å². The van der Waals surface area contributed by atoms with Gasteiger partial charge in [0.25, 0.3) is 5.91 Å². The van der Waals surface area contributed by atoms with Gasteiger partial charge in [-0.25, -0.2) is 0 Å². The van der Waals surface area contributed by atoms with Gasteiger partial charge in [-0.2, -0.15) is 0 Å². The molecule has 1 fully saturated rings. The number of nitrogens with two attached hydrogens (primary N) is 1. The number of anilines is 1. The van der Waals surface area contributed by atoms with Gasteiger partial charge in [0, 0.05) is 24.3 Å². The normalized spacial score (nSPS) is 18.7. The lowest BCUT2D eigenvalue weighted by atomic mass is 9.82. The van der Waals surface area contributed by atoms with Crippen molar-refractivity contribution in [2.75, 3.05) is 18.8 Å². The molecule has 1 amide bonds. The number of benzene rings is 1. The summed E-state index contributed by atoms with van der Waals surface area (Å²) in [6, 6.07) is 5.53. The average molecular weight is 246 g/mol. The number of piperidine rings is 1. The van der Waals surface area contributed by atoms with Crippen molar-refractivity contribution in [2.45, 2.75) is 33.6 Å². The molecule has 1 aromatic rings. The SMILES string of the molecule is Cc1cc(C(=O)N2CCC(C)(C)CC2)ccc1N. The summed E-state index contributed by atoms with van der Waals surface area (Å²) in [5, 5.41) is 0. The van der Waals surface area contributed by atoms with E-state index < -0.39 is 0 Å². The average Bonchev–Trinajstić information content (AvgIpc) is 2.32. The van der Waals surface area contributed by atoms with Crippen molar-refractivity contribution in [3.8, 4) is 0 Å². The van der Waals surface area contributed by atoms with Crippen LogP contribution in [-0.4, -0.2) is 23.9 Å². The van der Waals surface area contributed by atoms with Gasteiger partial charge < -0.3 is 10.6 Å². The van der Waals surface area contributed by atoms with Crippen molar-refractivity contribution in [1.82, 2.24) is 4.90 Å². The Morgan fingerprint density at radius 1 is 1.28 bits per heavy atom. The smallest absolute Gasteiger partial charge is 0.253 e. The van der Waals surface area contributed by atoms with Crippen molar-refractivity contribution in [1.29, 1.82) is 0 Å². The molecule has 1 saturated heterocycles. The maximum Gasteiger partial charge on any atom is 0.253 e. The summed E-state index contributed by atoms with van der Waals surface area (Å²) in [6.07, 6.45) is 2.15. The van der Waals surface area contributed by atoms with Crippen molar-refractivity contribution >= 4 is 11.6 Å². The Morgan fingerprint density at radius 3 is 2.44 bits per heavy atom. The molecular weight excluding hydrogens is 224 g/mol. The van der Waals surface area contributed by atoms with Gasteiger partial charge in [-0.3, -0.25) is 4.79 Å². The first kappa shape index (κ1) is 12.9. The zero-order chi connectivity index (χ0) is 13.3. The van der Waals surface area contributed by atoms with Gasteiger partial charge >= 0.3 is 0 Å². The summed E-state index contributed by atoms with van der Waals surface area (Å²) in [5.74, 6) is 0.133. The van der Waals surface area contributed by atoms with E-state index in [1.165, 1.54) is 0 Å². The number of hydrogen-bond acceptors (Lipinski definition) is 2. The van der Waals surface area contributed by atoms with E-state index in [-0.39, 0.29) is 5.91 Å². The highest BCUT2D eigenvalue weighted by Gasteiger charge is 2.28. The fraction of sp³-hybridized carbons (Fsp3) is 0.533. The lowest BCUT2D eigenvalue weighted by Crippen LogP contribution is -2.41. The van der Waals surface area contributed by atoms with Gasteiger partial charge in [0.1, 0.15) is 0 Å². The second-order valence-electron chi connectivity index (χ2n) is 6.03. The van der Waals surface area contributed by atoms with E-state index in [0.717, 1.165) is 42.7 Å². The number of nitrogen functional groups attached to an aromatic ring is 1. The predicted molar refractivity (Wildman–Crippen MR) is 74.5 cm³/mol. The third kappa shape index (κ3) is 2.66. The molecule has 1 heterocycles. The Hall–Kier alpha value is -1.51. The van der Waals surface area contributed by atoms with E-state index in [1.807, 2.05) is 30.0 Å². The van der Waals surface area contributed by atoms with Gasteiger partial charge in [0.05, 0.1) is 0 Å². The number of aryl methyl sites for hydroxylation is 1. The Balaban J connectivity index is 2.10. The lowest BCUT2D eigenvalue weighted by molar-refractivity contribution is 0.0630. The monoisotopic (exact) mass is 246 g/mol. The predicted octanol–water partition coefficient (Wildman–Crippen LogP) is 2.84. The van der Waals surface area contributed by atoms with Crippen molar-refractivity contribution in [2.24, 2.45) is 5.41 Å². The van der Waals surface area contributed by atoms with E-state index in [1.54, 1.807) is 0 Å². The molecule has 0 aliphatic carbocycles. The van der Waals surface area contributed by atoms with Crippen LogP contribution in [0.3, 0.4) is 0 Å². The quantitative estimate of drug-likeness (QED) is 0.774. The molecule has 98 valence electrons. The summed E-state index contributed by atoms with van der Waals surface area (Å²) >= 11 is 0. The first-order valence-corrected chi connectivity index (χ1v) is 6.54. The Bertz CT molecular complexity index is 456. The molecule has 3 nitrogen and oxygen atoms in total. The van der Waals surface area contributed by atoms with E-state index in [9.17, 15) is 4.79 Å². The summed E-state index contributed by atoms with van der Waals surface area (Å²) in [7, 11) is 0. The maximum atomic E-state index is 12.4. The molecule has 2 rings (SSSR count). The van der Waals surface area contributed by atoms with Crippen LogP contribution in [0, 0.1) is 12.3 Å². The summed E-state index contributed by atoms with van der Waals surface area (Å²) < 4.78 is 0. The Kier molecular flexibility index (Phi) is 3.33. The highest BCUT2D eigenvalue weighted by Crippen LogP contribution is 2.30. The maximum absolute atomic E-state index is 12.4. The molecule has 0 bridgehead atoms. The van der Waals surface area contributed by atoms with Crippen LogP contribution in [-0.2, 0) is 0 Å². The van der Waals surface area contributed by atoms with Gasteiger partial charge in [-0.15, -0.1) is 0 Å². The van der Waals surface area contributed by atoms with Gasteiger partial charge in [0.2, 0.25) is 0 Å². The number of rotatable bonds is 1. The first-order chi connectivity index (χ1) is 8.39. The standard InChI is InChI=1S/C15H22N2O/c1-11-10-12(4-5-13(11)16)14(18)17-8-6-15(2,3)7-9-17/h4-5,10H,6-9,16H2,1-3H3. The van der Waals surface area contributed by atoms with Crippen LogP contribution >= 0.6 is 0 Å². The van der Waals surface area contributed by atoms with Gasteiger partial charge in [-0.1, -0.05) is 13.8 Å². The topological polar surface area (TPSA) is 46.3 Å². The summed E-state index contributed by atoms with van der Waals surface area (Å²) in [5.41, 5.74) is 8.61. The van der Waals surface area contributed by atoms with E-state index in [0.29, 0.717) is 5.41 Å². The van der Waals surface area contributed by atoms with Crippen LogP contribution < -0.4 is 5.73 Å². The van der Waals surface area contributed by atoms with Crippen molar-refractivity contribution in [3.05, 3.63) is 29.3 Å². The number of carbonyl (C=O) groups is 1. The number of carbonyl (C=O) groups excluding carboxylic acids is 1. The van der Waals surface area contributed by atoms with Crippen LogP contribution in [0.1, 0.15) is 42.6 Å². The molecule has 1 aliphatic rings. The van der Waals surface area contributed by atoms with Crippen LogP contribution in [0.4, 0.5) is 5.69 Å². The Labute approximate surface area is 109 Å². The van der Waals surface area contributed by atoms with E-state index in [4.69, 9.17) is 5.73 Å². The minimum absolute atomic E-state index is 0.133. The fourth-order valence-electron chi connectivity index (χ4n) is 2.31. The number of hydrogen-bond donors (Lipinski definition) is 1. The van der Waals surface area contributed by atoms with Crippen LogP contribution in [0.2, 0.25) is 0 Å². The molecule has 1 aliphatic heterocycles. The van der Waals surface area contributed by atoms with Gasteiger partial charge in [-0.05, 0) is 48.9 Å². The third-order valence-electron chi connectivity index (χ3n) is 3.92. The highest BCUT2D eigenvalue weighted by molar-refractivity contribution is 5.95. The highest BCUT2D eigenvalue weighted by atomic mass is 16.2. The van der Waals surface area contributed by atoms with Crippen molar-refractivity contribution < 1.29 is 4.79 Å². The Morgan fingerprint density at radius 2 is 1.89 bits per heavy atom.